The summed E-state index contributed by atoms with van der Waals surface area (Å²) >= 11 is 0. The summed E-state index contributed by atoms with van der Waals surface area (Å²) in [5.74, 6) is 1.52. The van der Waals surface area contributed by atoms with Gasteiger partial charge in [-0.3, -0.25) is 0 Å². The Morgan fingerprint density at radius 3 is 2.35 bits per heavy atom. The fourth-order valence-corrected chi connectivity index (χ4v) is 3.94. The highest BCUT2D eigenvalue weighted by molar-refractivity contribution is 5.70. The molecule has 158 valence electrons. The smallest absolute Gasteiger partial charge is 0.191 e. The first-order chi connectivity index (χ1) is 15.1. The van der Waals surface area contributed by atoms with Gasteiger partial charge in [-0.25, -0.2) is 23.9 Å². The van der Waals surface area contributed by atoms with Crippen LogP contribution in [0, 0.1) is 12.7 Å². The number of fused-ring (bicyclic) bond motifs is 1. The average molecular weight is 419 g/mol. The van der Waals surface area contributed by atoms with Crippen LogP contribution in [0.4, 0.5) is 16.0 Å². The minimum absolute atomic E-state index is 0.288. The van der Waals surface area contributed by atoms with E-state index >= 15 is 4.39 Å². The largest absolute Gasteiger partial charge is 0.497 e. The molecular formula is C22H22FN7O. The summed E-state index contributed by atoms with van der Waals surface area (Å²) in [5, 5.41) is 4.46. The van der Waals surface area contributed by atoms with Crippen LogP contribution >= 0.6 is 0 Å². The Hall–Kier alpha value is -3.75. The molecule has 0 saturated carbocycles. The second-order valence-electron chi connectivity index (χ2n) is 7.43. The number of halogens is 1. The number of anilines is 2. The van der Waals surface area contributed by atoms with Crippen LogP contribution in [0.15, 0.2) is 49.1 Å². The van der Waals surface area contributed by atoms with Crippen molar-refractivity contribution in [1.82, 2.24) is 24.6 Å². The molecule has 1 aliphatic heterocycles. The monoisotopic (exact) mass is 419 g/mol. The molecule has 9 heteroatoms. The van der Waals surface area contributed by atoms with E-state index in [1.165, 1.54) is 6.33 Å². The van der Waals surface area contributed by atoms with Crippen molar-refractivity contribution in [2.75, 3.05) is 43.1 Å². The number of rotatable bonds is 4. The molecule has 3 aromatic heterocycles. The molecule has 0 spiro atoms. The lowest BCUT2D eigenvalue weighted by molar-refractivity contribution is 0.415. The predicted molar refractivity (Wildman–Crippen MR) is 116 cm³/mol. The van der Waals surface area contributed by atoms with Crippen LogP contribution in [-0.4, -0.2) is 57.9 Å². The zero-order valence-corrected chi connectivity index (χ0v) is 17.4. The van der Waals surface area contributed by atoms with Gasteiger partial charge in [0.1, 0.15) is 23.3 Å². The number of aromatic nitrogens is 5. The fourth-order valence-electron chi connectivity index (χ4n) is 3.94. The van der Waals surface area contributed by atoms with Gasteiger partial charge < -0.3 is 14.5 Å². The van der Waals surface area contributed by atoms with Gasteiger partial charge in [0, 0.05) is 44.1 Å². The van der Waals surface area contributed by atoms with E-state index in [1.54, 1.807) is 37.6 Å². The number of piperazine rings is 1. The molecule has 8 nitrogen and oxygen atoms in total. The quantitative estimate of drug-likeness (QED) is 0.504. The Morgan fingerprint density at radius 2 is 1.65 bits per heavy atom. The van der Waals surface area contributed by atoms with E-state index in [1.807, 2.05) is 28.6 Å². The van der Waals surface area contributed by atoms with Crippen molar-refractivity contribution < 1.29 is 9.13 Å². The summed E-state index contributed by atoms with van der Waals surface area (Å²) in [5.41, 5.74) is 2.90. The van der Waals surface area contributed by atoms with E-state index in [0.717, 1.165) is 17.0 Å². The molecular weight excluding hydrogens is 397 g/mol. The Morgan fingerprint density at radius 1 is 0.935 bits per heavy atom. The molecule has 4 heterocycles. The van der Waals surface area contributed by atoms with E-state index in [4.69, 9.17) is 4.74 Å². The highest BCUT2D eigenvalue weighted by Gasteiger charge is 2.25. The Labute approximate surface area is 178 Å². The van der Waals surface area contributed by atoms with E-state index in [-0.39, 0.29) is 5.69 Å². The number of nitrogens with zero attached hydrogens (tertiary/aromatic N) is 7. The SMILES string of the molecule is COc1ccc(-c2ncnc(N3CCN(c4nccn5nc(C)cc45)CC3)c2F)cc1. The van der Waals surface area contributed by atoms with Crippen LogP contribution in [0.3, 0.4) is 0 Å². The van der Waals surface area contributed by atoms with E-state index in [2.05, 4.69) is 25.0 Å². The number of hydrogen-bond donors (Lipinski definition) is 0. The Bertz CT molecular complexity index is 1220. The van der Waals surface area contributed by atoms with Gasteiger partial charge in [-0.15, -0.1) is 0 Å². The van der Waals surface area contributed by atoms with Gasteiger partial charge in [-0.05, 0) is 37.3 Å². The molecule has 4 aromatic rings. The predicted octanol–water partition coefficient (Wildman–Crippen LogP) is 2.97. The second-order valence-corrected chi connectivity index (χ2v) is 7.43. The minimum atomic E-state index is -0.409. The molecule has 0 unspecified atom stereocenters. The molecule has 31 heavy (non-hydrogen) atoms. The molecule has 0 radical (unpaired) electrons. The molecule has 0 aliphatic carbocycles. The number of methoxy groups -OCH3 is 1. The van der Waals surface area contributed by atoms with Crippen LogP contribution in [0.25, 0.3) is 16.8 Å². The summed E-state index contributed by atoms with van der Waals surface area (Å²) < 4.78 is 22.3. The highest BCUT2D eigenvalue weighted by Crippen LogP contribution is 2.29. The Balaban J connectivity index is 1.37. The second kappa shape index (κ2) is 7.82. The first-order valence-electron chi connectivity index (χ1n) is 10.1. The van der Waals surface area contributed by atoms with Crippen molar-refractivity contribution in [3.63, 3.8) is 0 Å². The summed E-state index contributed by atoms with van der Waals surface area (Å²) in [6.45, 7) is 4.64. The Kier molecular flexibility index (Phi) is 4.85. The average Bonchev–Trinajstić information content (AvgIpc) is 3.20. The normalized spacial score (nSPS) is 14.3. The first kappa shape index (κ1) is 19.2. The third-order valence-electron chi connectivity index (χ3n) is 5.50. The van der Waals surface area contributed by atoms with Gasteiger partial charge in [0.15, 0.2) is 17.5 Å². The van der Waals surface area contributed by atoms with Gasteiger partial charge in [0.25, 0.3) is 0 Å². The fraction of sp³-hybridized carbons (Fsp3) is 0.273. The van der Waals surface area contributed by atoms with Crippen molar-refractivity contribution in [2.45, 2.75) is 6.92 Å². The molecule has 0 bridgehead atoms. The molecule has 5 rings (SSSR count). The molecule has 1 aromatic carbocycles. The molecule has 0 amide bonds. The van der Waals surface area contributed by atoms with E-state index in [9.17, 15) is 0 Å². The highest BCUT2D eigenvalue weighted by atomic mass is 19.1. The van der Waals surface area contributed by atoms with Crippen LogP contribution in [0.5, 0.6) is 5.75 Å². The standard InChI is InChI=1S/C22H22FN7O/c1-15-13-18-21(24-7-8-30(18)27-15)28-9-11-29(12-10-28)22-19(23)20(25-14-26-22)16-3-5-17(31-2)6-4-16/h3-8,13-14H,9-12H2,1-2H3. The number of benzene rings is 1. The maximum Gasteiger partial charge on any atom is 0.191 e. The molecule has 1 saturated heterocycles. The van der Waals surface area contributed by atoms with Crippen LogP contribution < -0.4 is 14.5 Å². The zero-order valence-electron chi connectivity index (χ0n) is 17.4. The summed E-state index contributed by atoms with van der Waals surface area (Å²) in [6, 6.07) is 9.21. The maximum atomic E-state index is 15.3. The summed E-state index contributed by atoms with van der Waals surface area (Å²) in [6.07, 6.45) is 5.02. The van der Waals surface area contributed by atoms with Crippen molar-refractivity contribution >= 4 is 17.2 Å². The lowest BCUT2D eigenvalue weighted by Crippen LogP contribution is -2.47. The topological polar surface area (TPSA) is 71.7 Å². The van der Waals surface area contributed by atoms with Gasteiger partial charge in [-0.2, -0.15) is 5.10 Å². The van der Waals surface area contributed by atoms with E-state index < -0.39 is 5.82 Å². The number of hydrogen-bond acceptors (Lipinski definition) is 7. The van der Waals surface area contributed by atoms with Gasteiger partial charge in [0.2, 0.25) is 0 Å². The first-order valence-corrected chi connectivity index (χ1v) is 10.1. The third-order valence-corrected chi connectivity index (χ3v) is 5.50. The minimum Gasteiger partial charge on any atom is -0.497 e. The molecule has 0 atom stereocenters. The van der Waals surface area contributed by atoms with Gasteiger partial charge in [0.05, 0.1) is 12.8 Å². The lowest BCUT2D eigenvalue weighted by Gasteiger charge is -2.36. The maximum absolute atomic E-state index is 15.3. The molecule has 1 fully saturated rings. The van der Waals surface area contributed by atoms with Crippen LogP contribution in [0.1, 0.15) is 5.69 Å². The zero-order chi connectivity index (χ0) is 21.4. The van der Waals surface area contributed by atoms with Crippen molar-refractivity contribution in [3.05, 3.63) is 60.6 Å². The summed E-state index contributed by atoms with van der Waals surface area (Å²) in [4.78, 5) is 17.1. The van der Waals surface area contributed by atoms with Crippen molar-refractivity contribution in [3.8, 4) is 17.0 Å². The number of ether oxygens (including phenoxy) is 1. The van der Waals surface area contributed by atoms with Gasteiger partial charge in [-0.1, -0.05) is 0 Å². The van der Waals surface area contributed by atoms with Crippen molar-refractivity contribution in [2.24, 2.45) is 0 Å². The van der Waals surface area contributed by atoms with Crippen LogP contribution in [0.2, 0.25) is 0 Å². The number of aryl methyl sites for hydroxylation is 1. The lowest BCUT2D eigenvalue weighted by atomic mass is 10.1. The summed E-state index contributed by atoms with van der Waals surface area (Å²) in [7, 11) is 1.60. The molecule has 1 aliphatic rings. The van der Waals surface area contributed by atoms with Crippen molar-refractivity contribution in [1.29, 1.82) is 0 Å². The van der Waals surface area contributed by atoms with Crippen LogP contribution in [-0.2, 0) is 0 Å². The van der Waals surface area contributed by atoms with Gasteiger partial charge >= 0.3 is 0 Å². The third kappa shape index (κ3) is 3.52. The molecule has 0 N–H and O–H groups in total. The van der Waals surface area contributed by atoms with E-state index in [0.29, 0.717) is 43.3 Å².